The Morgan fingerprint density at radius 2 is 2.12 bits per heavy atom. The van der Waals surface area contributed by atoms with Crippen molar-refractivity contribution in [3.05, 3.63) is 47.9 Å². The van der Waals surface area contributed by atoms with Crippen molar-refractivity contribution in [3.8, 4) is 5.75 Å². The molecule has 2 aromatic heterocycles. The molecule has 5 heteroatoms. The number of aromatic nitrogens is 3. The number of pyridine rings is 1. The van der Waals surface area contributed by atoms with Gasteiger partial charge in [-0.3, -0.25) is 0 Å². The molecule has 2 N–H and O–H groups in total. The number of ether oxygens (including phenoxy) is 1. The third-order valence-electron chi connectivity index (χ3n) is 4.00. The summed E-state index contributed by atoms with van der Waals surface area (Å²) < 4.78 is 8.01. The number of nitrogens with zero attached hydrogens (tertiary/aromatic N) is 3. The summed E-state index contributed by atoms with van der Waals surface area (Å²) >= 11 is 0. The molecule has 0 aliphatic heterocycles. The van der Waals surface area contributed by atoms with E-state index in [-0.39, 0.29) is 0 Å². The molecule has 0 aliphatic rings. The molecule has 0 unspecified atom stereocenters. The van der Waals surface area contributed by atoms with E-state index in [1.807, 2.05) is 37.4 Å². The fourth-order valence-corrected chi connectivity index (χ4v) is 2.78. The van der Waals surface area contributed by atoms with Gasteiger partial charge in [-0.25, -0.2) is 9.97 Å². The lowest BCUT2D eigenvalue weighted by Crippen LogP contribution is -2.12. The summed E-state index contributed by atoms with van der Waals surface area (Å²) in [5.41, 5.74) is 9.52. The molecule has 0 aliphatic carbocycles. The van der Waals surface area contributed by atoms with E-state index < -0.39 is 0 Å². The van der Waals surface area contributed by atoms with Crippen molar-refractivity contribution in [2.24, 2.45) is 0 Å². The van der Waals surface area contributed by atoms with Gasteiger partial charge in [0.1, 0.15) is 23.7 Å². The molecule has 0 spiro atoms. The first-order chi connectivity index (χ1) is 11.7. The van der Waals surface area contributed by atoms with Crippen LogP contribution in [0.1, 0.15) is 31.2 Å². The lowest BCUT2D eigenvalue weighted by atomic mass is 10.2. The lowest BCUT2D eigenvalue weighted by Gasteiger charge is -2.10. The smallest absolute Gasteiger partial charge is 0.160 e. The van der Waals surface area contributed by atoms with Crippen LogP contribution in [0.2, 0.25) is 0 Å². The summed E-state index contributed by atoms with van der Waals surface area (Å²) in [6.45, 7) is 5.52. The Morgan fingerprint density at radius 3 is 2.92 bits per heavy atom. The van der Waals surface area contributed by atoms with E-state index in [1.165, 1.54) is 0 Å². The number of nitrogens with two attached hydrogens (primary N) is 1. The molecular formula is C19H24N4O. The van der Waals surface area contributed by atoms with Crippen molar-refractivity contribution >= 4 is 16.9 Å². The Bertz CT molecular complexity index is 825. The first kappa shape index (κ1) is 16.3. The van der Waals surface area contributed by atoms with Crippen LogP contribution in [0.5, 0.6) is 5.75 Å². The normalized spacial score (nSPS) is 11.1. The monoisotopic (exact) mass is 324 g/mol. The van der Waals surface area contributed by atoms with Crippen LogP contribution in [-0.4, -0.2) is 21.1 Å². The Hall–Kier alpha value is -2.56. The minimum absolute atomic E-state index is 0.559. The van der Waals surface area contributed by atoms with Gasteiger partial charge in [0.25, 0.3) is 0 Å². The molecule has 0 fully saturated rings. The summed E-state index contributed by atoms with van der Waals surface area (Å²) in [4.78, 5) is 9.35. The number of unbranched alkanes of at least 4 members (excludes halogenated alkanes) is 1. The van der Waals surface area contributed by atoms with E-state index >= 15 is 0 Å². The van der Waals surface area contributed by atoms with Crippen molar-refractivity contribution < 1.29 is 4.74 Å². The van der Waals surface area contributed by atoms with Crippen LogP contribution < -0.4 is 10.5 Å². The van der Waals surface area contributed by atoms with E-state index in [1.54, 1.807) is 0 Å². The van der Waals surface area contributed by atoms with Crippen molar-refractivity contribution in [3.63, 3.8) is 0 Å². The molecule has 0 radical (unpaired) electrons. The lowest BCUT2D eigenvalue weighted by molar-refractivity contribution is 0.298. The minimum atomic E-state index is 0.559. The number of rotatable bonds is 7. The fraction of sp³-hybridized carbons (Fsp3) is 0.368. The van der Waals surface area contributed by atoms with Crippen LogP contribution in [0, 0.1) is 6.92 Å². The molecule has 3 rings (SSSR count). The van der Waals surface area contributed by atoms with Gasteiger partial charge < -0.3 is 15.0 Å². The summed E-state index contributed by atoms with van der Waals surface area (Å²) in [6, 6.07) is 9.60. The summed E-state index contributed by atoms with van der Waals surface area (Å²) in [6.07, 6.45) is 5.13. The van der Waals surface area contributed by atoms with Crippen LogP contribution in [0.15, 0.2) is 36.5 Å². The molecule has 24 heavy (non-hydrogen) atoms. The molecule has 3 aromatic rings. The van der Waals surface area contributed by atoms with E-state index in [0.29, 0.717) is 12.3 Å². The SMILES string of the molecule is CCCCc1nc2cc(C)cnc2n1CCOc1cccc(N)c1. The second-order valence-electron chi connectivity index (χ2n) is 6.06. The van der Waals surface area contributed by atoms with E-state index in [2.05, 4.69) is 22.5 Å². The maximum Gasteiger partial charge on any atom is 0.160 e. The minimum Gasteiger partial charge on any atom is -0.492 e. The average Bonchev–Trinajstić information content (AvgIpc) is 2.90. The highest BCUT2D eigenvalue weighted by molar-refractivity contribution is 5.72. The Kier molecular flexibility index (Phi) is 4.99. The molecule has 1 aromatic carbocycles. The number of fused-ring (bicyclic) bond motifs is 1. The number of anilines is 1. The molecule has 0 saturated heterocycles. The van der Waals surface area contributed by atoms with Gasteiger partial charge in [-0.05, 0) is 37.1 Å². The average molecular weight is 324 g/mol. The maximum absolute atomic E-state index is 5.84. The second-order valence-corrected chi connectivity index (χ2v) is 6.06. The van der Waals surface area contributed by atoms with Gasteiger partial charge in [-0.1, -0.05) is 19.4 Å². The highest BCUT2D eigenvalue weighted by atomic mass is 16.5. The molecule has 2 heterocycles. The van der Waals surface area contributed by atoms with Crippen LogP contribution in [0.25, 0.3) is 11.2 Å². The van der Waals surface area contributed by atoms with Crippen LogP contribution in [0.3, 0.4) is 0 Å². The molecular weight excluding hydrogens is 300 g/mol. The summed E-state index contributed by atoms with van der Waals surface area (Å²) in [7, 11) is 0. The quantitative estimate of drug-likeness (QED) is 0.672. The van der Waals surface area contributed by atoms with Crippen LogP contribution >= 0.6 is 0 Å². The Labute approximate surface area is 142 Å². The number of imidazole rings is 1. The molecule has 5 nitrogen and oxygen atoms in total. The summed E-state index contributed by atoms with van der Waals surface area (Å²) in [5.74, 6) is 1.87. The molecule has 0 atom stereocenters. The zero-order valence-electron chi connectivity index (χ0n) is 14.3. The Morgan fingerprint density at radius 1 is 1.25 bits per heavy atom. The van der Waals surface area contributed by atoms with E-state index in [9.17, 15) is 0 Å². The third kappa shape index (κ3) is 3.67. The van der Waals surface area contributed by atoms with Gasteiger partial charge in [0.2, 0.25) is 0 Å². The fourth-order valence-electron chi connectivity index (χ4n) is 2.78. The highest BCUT2D eigenvalue weighted by Crippen LogP contribution is 2.18. The zero-order chi connectivity index (χ0) is 16.9. The van der Waals surface area contributed by atoms with Crippen LogP contribution in [-0.2, 0) is 13.0 Å². The molecule has 126 valence electrons. The van der Waals surface area contributed by atoms with Crippen molar-refractivity contribution in [1.29, 1.82) is 0 Å². The topological polar surface area (TPSA) is 66.0 Å². The van der Waals surface area contributed by atoms with Crippen LogP contribution in [0.4, 0.5) is 5.69 Å². The number of nitrogen functional groups attached to an aromatic ring is 1. The van der Waals surface area contributed by atoms with E-state index in [4.69, 9.17) is 15.5 Å². The van der Waals surface area contributed by atoms with Crippen molar-refractivity contribution in [1.82, 2.24) is 14.5 Å². The van der Waals surface area contributed by atoms with E-state index in [0.717, 1.165) is 54.1 Å². The zero-order valence-corrected chi connectivity index (χ0v) is 14.3. The van der Waals surface area contributed by atoms with Crippen molar-refractivity contribution in [2.45, 2.75) is 39.7 Å². The first-order valence-corrected chi connectivity index (χ1v) is 8.47. The van der Waals surface area contributed by atoms with Crippen molar-refractivity contribution in [2.75, 3.05) is 12.3 Å². The largest absolute Gasteiger partial charge is 0.492 e. The van der Waals surface area contributed by atoms with Gasteiger partial charge in [0.05, 0.1) is 6.54 Å². The third-order valence-corrected chi connectivity index (χ3v) is 4.00. The second kappa shape index (κ2) is 7.34. The number of aryl methyl sites for hydroxylation is 2. The predicted octanol–water partition coefficient (Wildman–Crippen LogP) is 3.74. The van der Waals surface area contributed by atoms with Gasteiger partial charge >= 0.3 is 0 Å². The standard InChI is InChI=1S/C19H24N4O/c1-3-4-8-18-22-17-11-14(2)13-21-19(17)23(18)9-10-24-16-7-5-6-15(20)12-16/h5-7,11-13H,3-4,8-10,20H2,1-2H3. The molecule has 0 amide bonds. The number of benzene rings is 1. The van der Waals surface area contributed by atoms with Gasteiger partial charge in [0.15, 0.2) is 5.65 Å². The maximum atomic E-state index is 5.84. The van der Waals surface area contributed by atoms with Gasteiger partial charge in [-0.2, -0.15) is 0 Å². The van der Waals surface area contributed by atoms with Gasteiger partial charge in [-0.15, -0.1) is 0 Å². The number of hydrogen-bond donors (Lipinski definition) is 1. The Balaban J connectivity index is 1.78. The summed E-state index contributed by atoms with van der Waals surface area (Å²) in [5, 5.41) is 0. The molecule has 0 bridgehead atoms. The number of hydrogen-bond acceptors (Lipinski definition) is 4. The highest BCUT2D eigenvalue weighted by Gasteiger charge is 2.12. The first-order valence-electron chi connectivity index (χ1n) is 8.47. The molecule has 0 saturated carbocycles. The van der Waals surface area contributed by atoms with Gasteiger partial charge in [0, 0.05) is 24.4 Å². The predicted molar refractivity (Wildman–Crippen MR) is 97.2 cm³/mol.